The van der Waals surface area contributed by atoms with E-state index in [2.05, 4.69) is 4.99 Å². The normalized spacial score (nSPS) is 16.4. The minimum atomic E-state index is -2.46. The van der Waals surface area contributed by atoms with E-state index in [-0.39, 0.29) is 5.71 Å². The summed E-state index contributed by atoms with van der Waals surface area (Å²) in [7, 11) is 2.65. The molecule has 5 nitrogen and oxygen atoms in total. The third-order valence-corrected chi connectivity index (χ3v) is 9.43. The molecule has 0 radical (unpaired) electrons. The average Bonchev–Trinajstić information content (AvgIpc) is 2.74. The molecule has 0 bridgehead atoms. The van der Waals surface area contributed by atoms with Crippen LogP contribution in [0, 0.1) is 0 Å². The molecule has 1 aliphatic heterocycles. The van der Waals surface area contributed by atoms with Crippen LogP contribution in [-0.2, 0) is 19.1 Å². The molecule has 0 atom stereocenters. The van der Waals surface area contributed by atoms with Crippen molar-refractivity contribution in [1.82, 2.24) is 0 Å². The topological polar surface area (TPSA) is 65.0 Å². The summed E-state index contributed by atoms with van der Waals surface area (Å²) in [4.78, 5) is 30.2. The van der Waals surface area contributed by atoms with Gasteiger partial charge in [-0.05, 0) is 36.5 Å². The first-order valence-corrected chi connectivity index (χ1v) is 11.2. The number of carbonyl (C=O) groups is 2. The van der Waals surface area contributed by atoms with Crippen molar-refractivity contribution in [1.29, 1.82) is 0 Å². The summed E-state index contributed by atoms with van der Waals surface area (Å²) in [6, 6.07) is 19.8. The van der Waals surface area contributed by atoms with Crippen molar-refractivity contribution in [3.05, 3.63) is 60.7 Å². The number of hydrogen-bond donors (Lipinski definition) is 0. The Hall–Kier alpha value is -2.65. The van der Waals surface area contributed by atoms with E-state index in [0.29, 0.717) is 11.8 Å². The molecule has 1 aliphatic rings. The highest BCUT2D eigenvalue weighted by molar-refractivity contribution is 7.92. The number of rotatable bonds is 4. The Morgan fingerprint density at radius 2 is 1.36 bits per heavy atom. The molecular weight excluding hydrogens is 373 g/mol. The maximum atomic E-state index is 13.1. The Labute approximate surface area is 165 Å². The maximum absolute atomic E-state index is 13.1. The van der Waals surface area contributed by atoms with Gasteiger partial charge in [-0.1, -0.05) is 60.7 Å². The summed E-state index contributed by atoms with van der Waals surface area (Å²) < 4.78 is 10.2. The van der Waals surface area contributed by atoms with Crippen LogP contribution in [0.15, 0.2) is 65.7 Å². The first-order chi connectivity index (χ1) is 13.6. The van der Waals surface area contributed by atoms with Gasteiger partial charge in [0.1, 0.15) is 0 Å². The minimum Gasteiger partial charge on any atom is -0.465 e. The average molecular weight is 397 g/mol. The highest BCUT2D eigenvalue weighted by Gasteiger charge is 2.37. The van der Waals surface area contributed by atoms with Crippen molar-refractivity contribution in [2.75, 3.05) is 26.9 Å². The van der Waals surface area contributed by atoms with Crippen molar-refractivity contribution < 1.29 is 19.1 Å². The molecule has 3 rings (SSSR count). The number of esters is 2. The van der Waals surface area contributed by atoms with Crippen LogP contribution < -0.4 is 10.6 Å². The van der Waals surface area contributed by atoms with Crippen LogP contribution in [0.1, 0.15) is 12.8 Å². The molecule has 0 aliphatic carbocycles. The SMILES string of the molecule is COC(=O)C1=NCCCCP(c2ccccc2)(c2ccccc2)=C1C(=O)OC. The van der Waals surface area contributed by atoms with E-state index in [1.165, 1.54) is 14.2 Å². The fraction of sp³-hybridized carbons (Fsp3) is 0.273. The molecule has 0 spiro atoms. The van der Waals surface area contributed by atoms with Crippen molar-refractivity contribution in [3.63, 3.8) is 0 Å². The lowest BCUT2D eigenvalue weighted by Gasteiger charge is -2.32. The smallest absolute Gasteiger partial charge is 0.357 e. The van der Waals surface area contributed by atoms with E-state index < -0.39 is 18.8 Å². The van der Waals surface area contributed by atoms with Crippen LogP contribution in [0.3, 0.4) is 0 Å². The Morgan fingerprint density at radius 3 is 1.86 bits per heavy atom. The summed E-state index contributed by atoms with van der Waals surface area (Å²) in [6.07, 6.45) is 2.51. The Balaban J connectivity index is 2.52. The van der Waals surface area contributed by atoms with E-state index in [0.717, 1.165) is 29.6 Å². The molecule has 146 valence electrons. The van der Waals surface area contributed by atoms with Crippen molar-refractivity contribution in [2.45, 2.75) is 12.8 Å². The standard InChI is InChI=1S/C22H24NO4P/c1-26-21(24)19-20(22(25)27-2)28(16-10-9-15-23-19,17-11-5-3-6-12-17)18-13-7-4-8-14-18/h3-8,11-14H,9-10,15-16H2,1-2H3. The van der Waals surface area contributed by atoms with Crippen molar-refractivity contribution in [3.8, 4) is 0 Å². The summed E-state index contributed by atoms with van der Waals surface area (Å²) in [5, 5.41) is 2.40. The lowest BCUT2D eigenvalue weighted by atomic mass is 10.2. The largest absolute Gasteiger partial charge is 0.465 e. The molecule has 0 fully saturated rings. The molecular formula is C22H24NO4P. The van der Waals surface area contributed by atoms with E-state index in [1.807, 2.05) is 60.7 Å². The van der Waals surface area contributed by atoms with Gasteiger partial charge < -0.3 is 9.47 Å². The van der Waals surface area contributed by atoms with Crippen molar-refractivity contribution >= 4 is 40.4 Å². The van der Waals surface area contributed by atoms with E-state index in [1.54, 1.807) is 0 Å². The van der Waals surface area contributed by atoms with Gasteiger partial charge in [0.2, 0.25) is 0 Å². The minimum absolute atomic E-state index is 0.0927. The van der Waals surface area contributed by atoms with Gasteiger partial charge in [0.15, 0.2) is 5.71 Å². The number of hydrogen-bond acceptors (Lipinski definition) is 5. The van der Waals surface area contributed by atoms with Gasteiger partial charge in [0.25, 0.3) is 0 Å². The lowest BCUT2D eigenvalue weighted by molar-refractivity contribution is -0.134. The monoisotopic (exact) mass is 397 g/mol. The summed E-state index contributed by atoms with van der Waals surface area (Å²) in [5.74, 6) is -1.12. The Morgan fingerprint density at radius 1 is 0.821 bits per heavy atom. The molecule has 2 aromatic rings. The third kappa shape index (κ3) is 3.67. The summed E-state index contributed by atoms with van der Waals surface area (Å²) >= 11 is 0. The summed E-state index contributed by atoms with van der Waals surface area (Å²) in [6.45, 7) is -1.98. The third-order valence-electron chi connectivity index (χ3n) is 4.93. The second kappa shape index (κ2) is 9.03. The zero-order valence-electron chi connectivity index (χ0n) is 16.1. The van der Waals surface area contributed by atoms with Crippen LogP contribution in [0.4, 0.5) is 0 Å². The van der Waals surface area contributed by atoms with Crippen LogP contribution in [0.2, 0.25) is 0 Å². The highest BCUT2D eigenvalue weighted by atomic mass is 31.2. The zero-order chi connectivity index (χ0) is 20.0. The molecule has 0 saturated carbocycles. The molecule has 0 unspecified atom stereocenters. The van der Waals surface area contributed by atoms with Gasteiger partial charge in [-0.25, -0.2) is 9.59 Å². The molecule has 1 heterocycles. The highest BCUT2D eigenvalue weighted by Crippen LogP contribution is 2.49. The predicted octanol–water partition coefficient (Wildman–Crippen LogP) is 2.41. The molecule has 0 amide bonds. The number of ether oxygens (including phenoxy) is 2. The van der Waals surface area contributed by atoms with Crippen LogP contribution in [0.25, 0.3) is 0 Å². The number of nitrogens with zero attached hydrogens (tertiary/aromatic N) is 1. The molecule has 6 heteroatoms. The molecule has 0 aromatic heterocycles. The quantitative estimate of drug-likeness (QED) is 0.587. The number of carbonyl (C=O) groups excluding carboxylic acids is 2. The van der Waals surface area contributed by atoms with Crippen LogP contribution >= 0.6 is 6.89 Å². The second-order valence-corrected chi connectivity index (χ2v) is 10.0. The zero-order valence-corrected chi connectivity index (χ0v) is 17.0. The van der Waals surface area contributed by atoms with E-state index in [9.17, 15) is 9.59 Å². The fourth-order valence-corrected chi connectivity index (χ4v) is 8.20. The second-order valence-electron chi connectivity index (χ2n) is 6.47. The molecule has 28 heavy (non-hydrogen) atoms. The Bertz CT molecular complexity index is 892. The van der Waals surface area contributed by atoms with Gasteiger partial charge in [-0.2, -0.15) is 0 Å². The molecule has 0 saturated heterocycles. The Kier molecular flexibility index (Phi) is 6.48. The summed E-state index contributed by atoms with van der Waals surface area (Å²) in [5.41, 5.74) is 0.0927. The number of aliphatic imine (C=N–C) groups is 1. The maximum Gasteiger partial charge on any atom is 0.357 e. The van der Waals surface area contributed by atoms with Gasteiger partial charge in [-0.3, -0.25) is 4.99 Å². The van der Waals surface area contributed by atoms with E-state index in [4.69, 9.17) is 9.47 Å². The fourth-order valence-electron chi connectivity index (χ4n) is 3.66. The van der Waals surface area contributed by atoms with Crippen LogP contribution in [-0.4, -0.2) is 49.9 Å². The van der Waals surface area contributed by atoms with Crippen molar-refractivity contribution in [2.24, 2.45) is 4.99 Å². The van der Waals surface area contributed by atoms with Gasteiger partial charge in [0, 0.05) is 6.54 Å². The first kappa shape index (κ1) is 20.1. The molecule has 2 aromatic carbocycles. The molecule has 0 N–H and O–H groups in total. The van der Waals surface area contributed by atoms with Crippen LogP contribution in [0.5, 0.6) is 0 Å². The van der Waals surface area contributed by atoms with Gasteiger partial charge in [-0.15, -0.1) is 0 Å². The van der Waals surface area contributed by atoms with E-state index >= 15 is 0 Å². The van der Waals surface area contributed by atoms with Gasteiger partial charge >= 0.3 is 11.9 Å². The first-order valence-electron chi connectivity index (χ1n) is 9.23. The lowest BCUT2D eigenvalue weighted by Crippen LogP contribution is -2.39. The van der Waals surface area contributed by atoms with Gasteiger partial charge in [0.05, 0.1) is 19.5 Å². The predicted molar refractivity (Wildman–Crippen MR) is 115 cm³/mol. The number of benzene rings is 2. The number of methoxy groups -OCH3 is 2.